The molecule has 1 heterocycles. The maximum absolute atomic E-state index is 13.8. The molecule has 3 aliphatic rings. The minimum absolute atomic E-state index is 0.186. The molecule has 7 nitrogen and oxygen atoms in total. The topological polar surface area (TPSA) is 113 Å². The maximum Gasteiger partial charge on any atom is 0.304 e. The summed E-state index contributed by atoms with van der Waals surface area (Å²) in [6, 6.07) is 13.7. The number of sulfonamides is 1. The van der Waals surface area contributed by atoms with Gasteiger partial charge in [0.15, 0.2) is 0 Å². The van der Waals surface area contributed by atoms with E-state index in [1.54, 1.807) is 18.2 Å². The first kappa shape index (κ1) is 29.4. The highest BCUT2D eigenvalue weighted by Gasteiger charge is 2.54. The second kappa shape index (κ2) is 11.6. The number of halogens is 2. The van der Waals surface area contributed by atoms with Crippen molar-refractivity contribution in [3.8, 4) is 0 Å². The van der Waals surface area contributed by atoms with E-state index in [2.05, 4.69) is 10.0 Å². The molecule has 3 N–H and O–H groups in total. The van der Waals surface area contributed by atoms with Gasteiger partial charge in [-0.2, -0.15) is 0 Å². The highest BCUT2D eigenvalue weighted by molar-refractivity contribution is 7.90. The zero-order chi connectivity index (χ0) is 28.7. The van der Waals surface area contributed by atoms with E-state index in [0.29, 0.717) is 35.7 Å². The molecule has 2 aromatic rings. The van der Waals surface area contributed by atoms with Crippen LogP contribution in [0.25, 0.3) is 0 Å². The van der Waals surface area contributed by atoms with Gasteiger partial charge in [-0.15, -0.1) is 0 Å². The summed E-state index contributed by atoms with van der Waals surface area (Å²) in [4.78, 5) is 25.7. The lowest BCUT2D eigenvalue weighted by molar-refractivity contribution is -0.149. The summed E-state index contributed by atoms with van der Waals surface area (Å²) >= 11 is 12.6. The third-order valence-corrected chi connectivity index (χ3v) is 11.7. The van der Waals surface area contributed by atoms with E-state index < -0.39 is 38.7 Å². The average Bonchev–Trinajstić information content (AvgIpc) is 3.69. The van der Waals surface area contributed by atoms with Crippen LogP contribution in [0.15, 0.2) is 48.5 Å². The summed E-state index contributed by atoms with van der Waals surface area (Å²) in [6.07, 6.45) is 4.43. The number of carbonyl (C=O) groups excluding carboxylic acids is 1. The summed E-state index contributed by atoms with van der Waals surface area (Å²) in [7, 11) is -3.61. The first-order valence-corrected chi connectivity index (χ1v) is 16.4. The van der Waals surface area contributed by atoms with Crippen LogP contribution in [0.3, 0.4) is 0 Å². The molecule has 1 unspecified atom stereocenters. The van der Waals surface area contributed by atoms with Crippen molar-refractivity contribution in [3.05, 3.63) is 69.7 Å². The van der Waals surface area contributed by atoms with Crippen molar-refractivity contribution in [2.45, 2.75) is 81.5 Å². The molecule has 10 heteroatoms. The SMILES string of the molecule is CC[C@@]1(CC(=O)O)C[C@H](c2cccc(Cl)c2)[C@@H](C(C2CC2)[C@H](NS(=O)(=O)C2CCC2)c2ccc(Cl)cc2)NC1=O. The minimum Gasteiger partial charge on any atom is -0.481 e. The van der Waals surface area contributed by atoms with Crippen LogP contribution >= 0.6 is 23.2 Å². The van der Waals surface area contributed by atoms with Gasteiger partial charge in [-0.1, -0.05) is 60.8 Å². The molecule has 2 aliphatic carbocycles. The van der Waals surface area contributed by atoms with Gasteiger partial charge < -0.3 is 10.4 Å². The highest BCUT2D eigenvalue weighted by Crippen LogP contribution is 2.53. The van der Waals surface area contributed by atoms with E-state index in [1.165, 1.54) is 0 Å². The molecule has 0 aromatic heterocycles. The molecule has 2 aromatic carbocycles. The standard InChI is InChI=1S/C30H36Cl2N2O5S/c1-2-30(17-25(35)36)16-24(20-5-3-6-22(32)15-20)28(33-29(30)37)26(18-9-10-18)27(19-11-13-21(31)14-12-19)34-40(38,39)23-7-4-8-23/h3,5-6,11-15,18,23-24,26-28,34H,2,4,7-10,16-17H2,1H3,(H,33,37)(H,35,36)/t24-,26?,27-,28+,30+/m1/s1. The van der Waals surface area contributed by atoms with Crippen molar-refractivity contribution in [1.82, 2.24) is 10.0 Å². The fourth-order valence-corrected chi connectivity index (χ4v) is 8.71. The number of nitrogens with one attached hydrogen (secondary N) is 2. The van der Waals surface area contributed by atoms with Crippen LogP contribution in [0.4, 0.5) is 0 Å². The lowest BCUT2D eigenvalue weighted by atomic mass is 9.63. The number of hydrogen-bond acceptors (Lipinski definition) is 4. The van der Waals surface area contributed by atoms with Crippen LogP contribution in [0.5, 0.6) is 0 Å². The average molecular weight is 608 g/mol. The normalized spacial score (nSPS) is 26.9. The molecule has 40 heavy (non-hydrogen) atoms. The van der Waals surface area contributed by atoms with Gasteiger partial charge in [0.1, 0.15) is 0 Å². The van der Waals surface area contributed by atoms with Gasteiger partial charge in [-0.3, -0.25) is 9.59 Å². The molecule has 0 radical (unpaired) electrons. The zero-order valence-electron chi connectivity index (χ0n) is 22.5. The van der Waals surface area contributed by atoms with E-state index in [4.69, 9.17) is 23.2 Å². The van der Waals surface area contributed by atoms with Crippen molar-refractivity contribution in [1.29, 1.82) is 0 Å². The Hall–Kier alpha value is -2.13. The summed E-state index contributed by atoms with van der Waals surface area (Å²) in [5.41, 5.74) is 0.620. The fourth-order valence-electron chi connectivity index (χ4n) is 6.59. The molecule has 1 saturated heterocycles. The molecule has 5 rings (SSSR count). The molecule has 5 atom stereocenters. The van der Waals surface area contributed by atoms with Gasteiger partial charge in [0.25, 0.3) is 0 Å². The number of carboxylic acids is 1. The molecule has 0 bridgehead atoms. The predicted octanol–water partition coefficient (Wildman–Crippen LogP) is 6.08. The summed E-state index contributed by atoms with van der Waals surface area (Å²) in [5, 5.41) is 13.7. The Morgan fingerprint density at radius 3 is 2.35 bits per heavy atom. The second-order valence-electron chi connectivity index (χ2n) is 11.7. The fraction of sp³-hybridized carbons (Fsp3) is 0.533. The van der Waals surface area contributed by atoms with Crippen LogP contribution < -0.4 is 10.0 Å². The Kier molecular flexibility index (Phi) is 8.54. The molecule has 3 fully saturated rings. The van der Waals surface area contributed by atoms with E-state index in [1.807, 2.05) is 37.3 Å². The molecular formula is C30H36Cl2N2O5S. The van der Waals surface area contributed by atoms with Crippen LogP contribution in [-0.4, -0.2) is 36.7 Å². The monoisotopic (exact) mass is 606 g/mol. The number of aliphatic carboxylic acids is 1. The van der Waals surface area contributed by atoms with E-state index >= 15 is 0 Å². The lowest BCUT2D eigenvalue weighted by Crippen LogP contribution is -2.59. The summed E-state index contributed by atoms with van der Waals surface area (Å²) in [5.74, 6) is -1.65. The Bertz CT molecular complexity index is 1360. The lowest BCUT2D eigenvalue weighted by Gasteiger charge is -2.48. The van der Waals surface area contributed by atoms with Crippen molar-refractivity contribution in [2.24, 2.45) is 17.3 Å². The molecule has 216 valence electrons. The quantitative estimate of drug-likeness (QED) is 0.287. The van der Waals surface area contributed by atoms with Crippen molar-refractivity contribution >= 4 is 45.1 Å². The third-order valence-electron chi connectivity index (χ3n) is 9.24. The van der Waals surface area contributed by atoms with Gasteiger partial charge in [0, 0.05) is 27.9 Å². The number of carbonyl (C=O) groups is 2. The number of carboxylic acid groups (broad SMARTS) is 1. The predicted molar refractivity (Wildman–Crippen MR) is 156 cm³/mol. The van der Waals surface area contributed by atoms with Crippen LogP contribution in [0.1, 0.15) is 81.4 Å². The number of benzene rings is 2. The van der Waals surface area contributed by atoms with Gasteiger partial charge in [0.05, 0.1) is 23.1 Å². The van der Waals surface area contributed by atoms with Crippen LogP contribution in [0, 0.1) is 17.3 Å². The van der Waals surface area contributed by atoms with Gasteiger partial charge >= 0.3 is 5.97 Å². The number of amides is 1. The number of piperidine rings is 1. The van der Waals surface area contributed by atoms with E-state index in [-0.39, 0.29) is 30.1 Å². The largest absolute Gasteiger partial charge is 0.481 e. The number of rotatable bonds is 11. The van der Waals surface area contributed by atoms with Gasteiger partial charge in [0.2, 0.25) is 15.9 Å². The van der Waals surface area contributed by atoms with E-state index in [9.17, 15) is 23.1 Å². The number of hydrogen-bond donors (Lipinski definition) is 3. The third kappa shape index (κ3) is 6.06. The molecule has 0 spiro atoms. The molecule has 1 aliphatic heterocycles. The molecular weight excluding hydrogens is 571 g/mol. The Morgan fingerprint density at radius 2 is 1.80 bits per heavy atom. The zero-order valence-corrected chi connectivity index (χ0v) is 24.8. The smallest absolute Gasteiger partial charge is 0.304 e. The Morgan fingerprint density at radius 1 is 1.10 bits per heavy atom. The maximum atomic E-state index is 13.8. The Labute approximate surface area is 246 Å². The van der Waals surface area contributed by atoms with E-state index in [0.717, 1.165) is 30.4 Å². The molecule has 1 amide bonds. The first-order chi connectivity index (χ1) is 19.0. The van der Waals surface area contributed by atoms with Crippen LogP contribution in [0.2, 0.25) is 10.0 Å². The van der Waals surface area contributed by atoms with Crippen LogP contribution in [-0.2, 0) is 19.6 Å². The highest BCUT2D eigenvalue weighted by atomic mass is 35.5. The van der Waals surface area contributed by atoms with Gasteiger partial charge in [-0.25, -0.2) is 13.1 Å². The molecule has 2 saturated carbocycles. The van der Waals surface area contributed by atoms with Gasteiger partial charge in [-0.05, 0) is 79.8 Å². The second-order valence-corrected chi connectivity index (χ2v) is 14.6. The van der Waals surface area contributed by atoms with Crippen molar-refractivity contribution < 1.29 is 23.1 Å². The minimum atomic E-state index is -3.61. The summed E-state index contributed by atoms with van der Waals surface area (Å²) < 4.78 is 30.1. The van der Waals surface area contributed by atoms with Crippen molar-refractivity contribution in [3.63, 3.8) is 0 Å². The summed E-state index contributed by atoms with van der Waals surface area (Å²) in [6.45, 7) is 1.85. The van der Waals surface area contributed by atoms with Crippen molar-refractivity contribution in [2.75, 3.05) is 0 Å². The Balaban J connectivity index is 1.61. The first-order valence-electron chi connectivity index (χ1n) is 14.1.